The molecule has 0 amide bonds. The van der Waals surface area contributed by atoms with Crippen LogP contribution in [-0.2, 0) is 5.75 Å². The van der Waals surface area contributed by atoms with Crippen molar-refractivity contribution in [1.29, 1.82) is 0 Å². The van der Waals surface area contributed by atoms with Gasteiger partial charge in [0.25, 0.3) is 0 Å². The maximum Gasteiger partial charge on any atom is 0.166 e. The molecule has 4 rings (SSSR count). The number of imidazole rings is 1. The number of para-hydroxylation sites is 1. The van der Waals surface area contributed by atoms with Crippen LogP contribution < -0.4 is 0 Å². The summed E-state index contributed by atoms with van der Waals surface area (Å²) in [6, 6.07) is 20.1. The van der Waals surface area contributed by atoms with E-state index in [0.717, 1.165) is 27.8 Å². The highest BCUT2D eigenvalue weighted by Gasteiger charge is 2.07. The van der Waals surface area contributed by atoms with Gasteiger partial charge in [-0.05, 0) is 17.7 Å². The molecule has 0 saturated carbocycles. The van der Waals surface area contributed by atoms with Crippen LogP contribution in [0.15, 0.2) is 78.2 Å². The predicted octanol–water partition coefficient (Wildman–Crippen LogP) is 3.95. The van der Waals surface area contributed by atoms with Gasteiger partial charge in [-0.3, -0.25) is 0 Å². The fourth-order valence-electron chi connectivity index (χ4n) is 2.33. The first-order valence-electron chi connectivity index (χ1n) is 7.58. The minimum atomic E-state index is 0.717. The summed E-state index contributed by atoms with van der Waals surface area (Å²) in [5.74, 6) is 0.717. The zero-order valence-electron chi connectivity index (χ0n) is 12.8. The molecule has 0 fully saturated rings. The van der Waals surface area contributed by atoms with Crippen LogP contribution in [-0.4, -0.2) is 25.0 Å². The van der Waals surface area contributed by atoms with E-state index in [0.29, 0.717) is 5.75 Å². The van der Waals surface area contributed by atoms with E-state index >= 15 is 0 Å². The molecule has 118 valence electrons. The van der Waals surface area contributed by atoms with Crippen LogP contribution >= 0.6 is 11.8 Å². The quantitative estimate of drug-likeness (QED) is 0.562. The summed E-state index contributed by atoms with van der Waals surface area (Å²) in [4.78, 5) is 9.41. The molecule has 4 aromatic rings. The molecule has 2 aromatic heterocycles. The first-order chi connectivity index (χ1) is 11.9. The van der Waals surface area contributed by atoms with Crippen molar-refractivity contribution in [2.45, 2.75) is 10.9 Å². The number of H-pyrrole nitrogens is 1. The second kappa shape index (κ2) is 6.72. The highest BCUT2D eigenvalue weighted by atomic mass is 32.2. The largest absolute Gasteiger partial charge is 0.333 e. The monoisotopic (exact) mass is 333 g/mol. The lowest BCUT2D eigenvalue weighted by molar-refractivity contribution is 0.745. The Morgan fingerprint density at radius 1 is 0.917 bits per heavy atom. The Kier molecular flexibility index (Phi) is 4.12. The summed E-state index contributed by atoms with van der Waals surface area (Å²) in [6.45, 7) is 0. The molecule has 0 aliphatic carbocycles. The number of aromatic amines is 1. The fourth-order valence-corrected chi connectivity index (χ4v) is 3.06. The van der Waals surface area contributed by atoms with Gasteiger partial charge in [0.1, 0.15) is 0 Å². The van der Waals surface area contributed by atoms with Crippen LogP contribution in [0.2, 0.25) is 0 Å². The zero-order chi connectivity index (χ0) is 16.2. The second-order valence-electron chi connectivity index (χ2n) is 5.22. The highest BCUT2D eigenvalue weighted by molar-refractivity contribution is 7.98. The Hall–Kier alpha value is -2.86. The van der Waals surface area contributed by atoms with E-state index in [1.165, 1.54) is 0 Å². The highest BCUT2D eigenvalue weighted by Crippen LogP contribution is 2.23. The molecule has 2 heterocycles. The van der Waals surface area contributed by atoms with Gasteiger partial charge in [0.15, 0.2) is 5.16 Å². The summed E-state index contributed by atoms with van der Waals surface area (Å²) in [6.07, 6.45) is 3.65. The Morgan fingerprint density at radius 3 is 2.46 bits per heavy atom. The zero-order valence-corrected chi connectivity index (χ0v) is 13.6. The number of hydrogen-bond acceptors (Lipinski definition) is 4. The first kappa shape index (κ1) is 14.7. The Labute approximate surface area is 143 Å². The van der Waals surface area contributed by atoms with Gasteiger partial charge in [0.2, 0.25) is 0 Å². The smallest absolute Gasteiger partial charge is 0.166 e. The standard InChI is InChI=1S/C18H15N5S/c1-3-7-14(8-4-1)17-12-19-18(21-17)24-13-15-11-20-23(22-15)16-9-5-2-6-10-16/h1-12H,13H2,(H,19,21). The molecular formula is C18H15N5S. The van der Waals surface area contributed by atoms with E-state index in [1.807, 2.05) is 54.7 Å². The van der Waals surface area contributed by atoms with Crippen molar-refractivity contribution in [2.75, 3.05) is 0 Å². The van der Waals surface area contributed by atoms with Crippen molar-refractivity contribution >= 4 is 11.8 Å². The topological polar surface area (TPSA) is 59.4 Å². The number of nitrogens with zero attached hydrogens (tertiary/aromatic N) is 4. The van der Waals surface area contributed by atoms with E-state index in [9.17, 15) is 0 Å². The second-order valence-corrected chi connectivity index (χ2v) is 6.18. The van der Waals surface area contributed by atoms with Gasteiger partial charge in [0.05, 0.1) is 29.5 Å². The lowest BCUT2D eigenvalue weighted by atomic mass is 10.2. The summed E-state index contributed by atoms with van der Waals surface area (Å²) in [5, 5.41) is 9.69. The molecule has 0 aliphatic heterocycles. The number of aromatic nitrogens is 5. The van der Waals surface area contributed by atoms with Gasteiger partial charge in [-0.1, -0.05) is 60.3 Å². The maximum atomic E-state index is 4.50. The molecule has 1 N–H and O–H groups in total. The van der Waals surface area contributed by atoms with Crippen LogP contribution in [0.4, 0.5) is 0 Å². The van der Waals surface area contributed by atoms with Crippen LogP contribution in [0.3, 0.4) is 0 Å². The molecule has 0 unspecified atom stereocenters. The summed E-state index contributed by atoms with van der Waals surface area (Å²) in [7, 11) is 0. The molecule has 0 atom stereocenters. The summed E-state index contributed by atoms with van der Waals surface area (Å²) < 4.78 is 0. The molecule has 0 radical (unpaired) electrons. The van der Waals surface area contributed by atoms with Crippen molar-refractivity contribution in [1.82, 2.24) is 25.0 Å². The van der Waals surface area contributed by atoms with Crippen molar-refractivity contribution in [3.63, 3.8) is 0 Å². The molecule has 24 heavy (non-hydrogen) atoms. The molecule has 0 spiro atoms. The Balaban J connectivity index is 1.43. The van der Waals surface area contributed by atoms with Crippen LogP contribution in [0.25, 0.3) is 16.9 Å². The van der Waals surface area contributed by atoms with Crippen molar-refractivity contribution in [3.05, 3.63) is 78.8 Å². The third kappa shape index (κ3) is 3.23. The average Bonchev–Trinajstić information content (AvgIpc) is 3.31. The van der Waals surface area contributed by atoms with E-state index in [4.69, 9.17) is 0 Å². The maximum absolute atomic E-state index is 4.50. The predicted molar refractivity (Wildman–Crippen MR) is 94.9 cm³/mol. The van der Waals surface area contributed by atoms with Crippen molar-refractivity contribution in [3.8, 4) is 16.9 Å². The van der Waals surface area contributed by atoms with Gasteiger partial charge < -0.3 is 4.98 Å². The summed E-state index contributed by atoms with van der Waals surface area (Å²) >= 11 is 1.62. The molecule has 2 aromatic carbocycles. The summed E-state index contributed by atoms with van der Waals surface area (Å²) in [5.41, 5.74) is 4.03. The normalized spacial score (nSPS) is 10.8. The Morgan fingerprint density at radius 2 is 1.67 bits per heavy atom. The molecule has 5 nitrogen and oxygen atoms in total. The van der Waals surface area contributed by atoms with E-state index in [1.54, 1.807) is 22.8 Å². The van der Waals surface area contributed by atoms with E-state index in [2.05, 4.69) is 32.3 Å². The number of nitrogens with one attached hydrogen (secondary N) is 1. The average molecular weight is 333 g/mol. The number of thioether (sulfide) groups is 1. The van der Waals surface area contributed by atoms with Crippen LogP contribution in [0.5, 0.6) is 0 Å². The molecule has 0 bridgehead atoms. The van der Waals surface area contributed by atoms with Crippen molar-refractivity contribution in [2.24, 2.45) is 0 Å². The molecule has 0 saturated heterocycles. The molecule has 0 aliphatic rings. The minimum Gasteiger partial charge on any atom is -0.333 e. The minimum absolute atomic E-state index is 0.717. The Bertz CT molecular complexity index is 837. The van der Waals surface area contributed by atoms with Crippen LogP contribution in [0, 0.1) is 0 Å². The van der Waals surface area contributed by atoms with E-state index < -0.39 is 0 Å². The number of benzene rings is 2. The molecular weight excluding hydrogens is 318 g/mol. The lowest BCUT2D eigenvalue weighted by Gasteiger charge is -1.98. The number of rotatable bonds is 5. The third-order valence-electron chi connectivity index (χ3n) is 3.52. The van der Waals surface area contributed by atoms with Crippen LogP contribution in [0.1, 0.15) is 5.69 Å². The van der Waals surface area contributed by atoms with E-state index in [-0.39, 0.29) is 0 Å². The van der Waals surface area contributed by atoms with Gasteiger partial charge in [-0.2, -0.15) is 15.0 Å². The van der Waals surface area contributed by atoms with Crippen molar-refractivity contribution < 1.29 is 0 Å². The first-order valence-corrected chi connectivity index (χ1v) is 8.57. The molecule has 6 heteroatoms. The third-order valence-corrected chi connectivity index (χ3v) is 4.44. The van der Waals surface area contributed by atoms with Gasteiger partial charge in [-0.15, -0.1) is 0 Å². The fraction of sp³-hybridized carbons (Fsp3) is 0.0556. The number of hydrogen-bond donors (Lipinski definition) is 1. The lowest BCUT2D eigenvalue weighted by Crippen LogP contribution is -1.98. The van der Waals surface area contributed by atoms with Gasteiger partial charge in [-0.25, -0.2) is 4.98 Å². The SMILES string of the molecule is c1ccc(-c2cnc(SCc3cnn(-c4ccccc4)n3)[nH]2)cc1. The van der Waals surface area contributed by atoms with Gasteiger partial charge in [0, 0.05) is 5.75 Å². The van der Waals surface area contributed by atoms with Gasteiger partial charge >= 0.3 is 0 Å².